The number of nitrogens with two attached hydrogens (primary N) is 1. The van der Waals surface area contributed by atoms with E-state index in [1.807, 2.05) is 0 Å². The van der Waals surface area contributed by atoms with Gasteiger partial charge in [0.05, 0.1) is 15.6 Å². The van der Waals surface area contributed by atoms with E-state index in [0.717, 1.165) is 0 Å². The number of amides is 1. The van der Waals surface area contributed by atoms with Gasteiger partial charge in [-0.15, -0.1) is 0 Å². The van der Waals surface area contributed by atoms with Crippen molar-refractivity contribution >= 4 is 29.1 Å². The van der Waals surface area contributed by atoms with Crippen LogP contribution in [0.25, 0.3) is 0 Å². The lowest BCUT2D eigenvalue weighted by molar-refractivity contribution is 0.100. The van der Waals surface area contributed by atoms with Crippen LogP contribution in [0.3, 0.4) is 0 Å². The second kappa shape index (κ2) is 3.11. The first-order valence-corrected chi connectivity index (χ1v) is 3.62. The van der Waals surface area contributed by atoms with Gasteiger partial charge in [-0.25, -0.2) is 0 Å². The van der Waals surface area contributed by atoms with Crippen molar-refractivity contribution in [1.29, 1.82) is 0 Å². The molecule has 0 aliphatic carbocycles. The van der Waals surface area contributed by atoms with E-state index in [2.05, 4.69) is 0 Å². The molecular weight excluding hydrogens is 185 g/mol. The maximum atomic E-state index is 10.7. The van der Waals surface area contributed by atoms with Crippen molar-refractivity contribution in [1.82, 2.24) is 0 Å². The maximum Gasteiger partial charge on any atom is 0.250 e. The molecule has 0 unspecified atom stereocenters. The van der Waals surface area contributed by atoms with E-state index in [9.17, 15) is 4.79 Å². The molecule has 0 saturated heterocycles. The highest BCUT2D eigenvalue weighted by atomic mass is 35.5. The van der Waals surface area contributed by atoms with E-state index in [1.165, 1.54) is 6.07 Å². The van der Waals surface area contributed by atoms with Gasteiger partial charge in [-0.3, -0.25) is 4.79 Å². The average molecular weight is 190 g/mol. The number of hydrogen-bond acceptors (Lipinski definition) is 1. The van der Waals surface area contributed by atoms with Crippen LogP contribution in [0, 0.1) is 0 Å². The number of carbonyl (C=O) groups excluding carboxylic acids is 1. The Balaban J connectivity index is 3.27. The Bertz CT molecular complexity index is 298. The molecule has 1 rings (SSSR count). The Kier molecular flexibility index (Phi) is 2.37. The van der Waals surface area contributed by atoms with Crippen molar-refractivity contribution in [3.05, 3.63) is 33.8 Å². The highest BCUT2D eigenvalue weighted by Crippen LogP contribution is 2.24. The third-order valence-electron chi connectivity index (χ3n) is 1.22. The van der Waals surface area contributed by atoms with Crippen molar-refractivity contribution < 1.29 is 4.79 Å². The molecule has 4 heteroatoms. The lowest BCUT2D eigenvalue weighted by Crippen LogP contribution is -2.11. The Morgan fingerprint density at radius 2 is 2.00 bits per heavy atom. The molecule has 1 aromatic rings. The highest BCUT2D eigenvalue weighted by Gasteiger charge is 2.07. The minimum atomic E-state index is -0.572. The van der Waals surface area contributed by atoms with Crippen LogP contribution in [0.5, 0.6) is 0 Å². The fourth-order valence-corrected chi connectivity index (χ4v) is 1.09. The molecule has 0 aromatic heterocycles. The summed E-state index contributed by atoms with van der Waals surface area (Å²) in [5.74, 6) is -0.572. The number of rotatable bonds is 1. The zero-order valence-electron chi connectivity index (χ0n) is 5.47. The minimum absolute atomic E-state index is 0.210. The van der Waals surface area contributed by atoms with Gasteiger partial charge >= 0.3 is 0 Å². The smallest absolute Gasteiger partial charge is 0.250 e. The molecule has 0 aliphatic rings. The van der Waals surface area contributed by atoms with Gasteiger partial charge in [-0.2, -0.15) is 0 Å². The average Bonchev–Trinajstić information content (AvgIpc) is 1.94. The monoisotopic (exact) mass is 189 g/mol. The fourth-order valence-electron chi connectivity index (χ4n) is 0.694. The van der Waals surface area contributed by atoms with E-state index in [0.29, 0.717) is 5.02 Å². The molecule has 0 atom stereocenters. The summed E-state index contributed by atoms with van der Waals surface area (Å²) < 4.78 is 0. The Hall–Kier alpha value is -0.730. The van der Waals surface area contributed by atoms with E-state index in [1.54, 1.807) is 12.1 Å². The Morgan fingerprint density at radius 3 is 2.45 bits per heavy atom. The quantitative estimate of drug-likeness (QED) is 0.723. The molecule has 0 saturated carbocycles. The molecule has 2 N–H and O–H groups in total. The number of carbonyl (C=O) groups is 1. The zero-order chi connectivity index (χ0) is 8.43. The first-order chi connectivity index (χ1) is 5.13. The molecule has 0 radical (unpaired) electrons. The van der Waals surface area contributed by atoms with Gasteiger partial charge in [0.15, 0.2) is 0 Å². The molecule has 1 amide bonds. The number of halogens is 2. The number of primary amides is 1. The van der Waals surface area contributed by atoms with E-state index in [4.69, 9.17) is 28.9 Å². The Morgan fingerprint density at radius 1 is 1.36 bits per heavy atom. The van der Waals surface area contributed by atoms with Gasteiger partial charge in [-0.1, -0.05) is 29.3 Å². The lowest BCUT2D eigenvalue weighted by atomic mass is 10.2. The third-order valence-corrected chi connectivity index (χ3v) is 2.04. The molecule has 0 bridgehead atoms. The summed E-state index contributed by atoms with van der Waals surface area (Å²) in [5.41, 5.74) is 5.25. The summed E-state index contributed by atoms with van der Waals surface area (Å²) in [7, 11) is 0. The van der Waals surface area contributed by atoms with Gasteiger partial charge in [0.2, 0.25) is 5.91 Å². The maximum absolute atomic E-state index is 10.7. The molecule has 0 fully saturated rings. The van der Waals surface area contributed by atoms with Gasteiger partial charge < -0.3 is 5.73 Å². The molecule has 0 aliphatic heterocycles. The first-order valence-electron chi connectivity index (χ1n) is 2.86. The van der Waals surface area contributed by atoms with Crippen LogP contribution in [0.1, 0.15) is 10.4 Å². The summed E-state index contributed by atoms with van der Waals surface area (Å²) in [4.78, 5) is 10.7. The van der Waals surface area contributed by atoms with E-state index >= 15 is 0 Å². The van der Waals surface area contributed by atoms with Gasteiger partial charge in [0.1, 0.15) is 0 Å². The first kappa shape index (κ1) is 8.37. The number of hydrogen-bond donors (Lipinski definition) is 1. The Labute approximate surface area is 73.9 Å². The van der Waals surface area contributed by atoms with Crippen molar-refractivity contribution in [2.24, 2.45) is 5.73 Å². The van der Waals surface area contributed by atoms with Crippen molar-refractivity contribution in [3.63, 3.8) is 0 Å². The molecular formula is C7H5Cl2NO. The van der Waals surface area contributed by atoms with E-state index in [-0.39, 0.29) is 10.6 Å². The molecule has 0 heterocycles. The van der Waals surface area contributed by atoms with Gasteiger partial charge in [-0.05, 0) is 12.1 Å². The topological polar surface area (TPSA) is 43.1 Å². The minimum Gasteiger partial charge on any atom is -0.366 e. The van der Waals surface area contributed by atoms with Crippen LogP contribution in [0.15, 0.2) is 18.2 Å². The van der Waals surface area contributed by atoms with E-state index < -0.39 is 5.91 Å². The number of benzene rings is 1. The molecule has 1 aromatic carbocycles. The predicted molar refractivity (Wildman–Crippen MR) is 45.0 cm³/mol. The van der Waals surface area contributed by atoms with Crippen molar-refractivity contribution in [3.8, 4) is 0 Å². The fraction of sp³-hybridized carbons (Fsp3) is 0. The second-order valence-electron chi connectivity index (χ2n) is 1.97. The summed E-state index contributed by atoms with van der Waals surface area (Å²) >= 11 is 11.3. The van der Waals surface area contributed by atoms with Crippen molar-refractivity contribution in [2.75, 3.05) is 0 Å². The van der Waals surface area contributed by atoms with Crippen LogP contribution >= 0.6 is 23.2 Å². The molecule has 2 nitrogen and oxygen atoms in total. The molecule has 58 valence electrons. The highest BCUT2D eigenvalue weighted by molar-refractivity contribution is 6.43. The largest absolute Gasteiger partial charge is 0.366 e. The summed E-state index contributed by atoms with van der Waals surface area (Å²) in [6, 6.07) is 4.74. The second-order valence-corrected chi connectivity index (χ2v) is 2.75. The van der Waals surface area contributed by atoms with Gasteiger partial charge in [0, 0.05) is 0 Å². The molecule has 11 heavy (non-hydrogen) atoms. The normalized spacial score (nSPS) is 9.64. The van der Waals surface area contributed by atoms with Crippen LogP contribution in [0.4, 0.5) is 0 Å². The van der Waals surface area contributed by atoms with Gasteiger partial charge in [0.25, 0.3) is 0 Å². The van der Waals surface area contributed by atoms with Crippen molar-refractivity contribution in [2.45, 2.75) is 0 Å². The van der Waals surface area contributed by atoms with Crippen LogP contribution in [-0.2, 0) is 0 Å². The zero-order valence-corrected chi connectivity index (χ0v) is 6.99. The van der Waals surface area contributed by atoms with Crippen LogP contribution in [0.2, 0.25) is 10.0 Å². The standard InChI is InChI=1S/C7H5Cl2NO/c8-5-3-1-2-4(6(5)9)7(10)11/h1-3H,(H2,10,11). The summed E-state index contributed by atoms with van der Waals surface area (Å²) in [6.45, 7) is 0. The molecule has 0 spiro atoms. The SMILES string of the molecule is NC(=O)c1cccc(Cl)c1Cl. The summed E-state index contributed by atoms with van der Waals surface area (Å²) in [6.07, 6.45) is 0. The van der Waals surface area contributed by atoms with Crippen LogP contribution < -0.4 is 5.73 Å². The predicted octanol–water partition coefficient (Wildman–Crippen LogP) is 2.09. The third kappa shape index (κ3) is 1.64. The lowest BCUT2D eigenvalue weighted by Gasteiger charge is -1.99. The van der Waals surface area contributed by atoms with Crippen LogP contribution in [-0.4, -0.2) is 5.91 Å². The summed E-state index contributed by atoms with van der Waals surface area (Å²) in [5, 5.41) is 0.546.